The van der Waals surface area contributed by atoms with Crippen molar-refractivity contribution in [3.05, 3.63) is 95.6 Å². The first kappa shape index (κ1) is 18.4. The highest BCUT2D eigenvalue weighted by Crippen LogP contribution is 2.32. The number of hydrogen-bond acceptors (Lipinski definition) is 4. The van der Waals surface area contributed by atoms with E-state index in [9.17, 15) is 9.59 Å². The second kappa shape index (κ2) is 8.32. The molecule has 3 aromatic carbocycles. The number of hydrogen-bond donors (Lipinski definition) is 0. The van der Waals surface area contributed by atoms with Crippen LogP contribution < -0.4 is 9.47 Å². The molecule has 3 rings (SSSR count). The Balaban J connectivity index is 1.95. The van der Waals surface area contributed by atoms with E-state index in [1.807, 2.05) is 60.7 Å². The van der Waals surface area contributed by atoms with Crippen LogP contribution in [0.2, 0.25) is 0 Å². The minimum atomic E-state index is -0.565. The summed E-state index contributed by atoms with van der Waals surface area (Å²) in [6.45, 7) is 1.47. The predicted molar refractivity (Wildman–Crippen MR) is 103 cm³/mol. The zero-order chi connectivity index (χ0) is 19.2. The van der Waals surface area contributed by atoms with E-state index in [-0.39, 0.29) is 11.5 Å². The van der Waals surface area contributed by atoms with Gasteiger partial charge in [0.15, 0.2) is 17.3 Å². The highest BCUT2D eigenvalue weighted by atomic mass is 16.6. The van der Waals surface area contributed by atoms with Crippen LogP contribution in [0.15, 0.2) is 78.9 Å². The van der Waals surface area contributed by atoms with Gasteiger partial charge in [-0.1, -0.05) is 60.7 Å². The van der Waals surface area contributed by atoms with Crippen molar-refractivity contribution in [2.24, 2.45) is 0 Å². The van der Waals surface area contributed by atoms with Crippen LogP contribution in [0.4, 0.5) is 0 Å². The van der Waals surface area contributed by atoms with Gasteiger partial charge in [0.2, 0.25) is 0 Å². The van der Waals surface area contributed by atoms with Gasteiger partial charge in [-0.15, -0.1) is 0 Å². The van der Waals surface area contributed by atoms with Gasteiger partial charge in [-0.05, 0) is 36.2 Å². The van der Waals surface area contributed by atoms with Gasteiger partial charge in [-0.2, -0.15) is 0 Å². The smallest absolute Gasteiger partial charge is 0.323 e. The summed E-state index contributed by atoms with van der Waals surface area (Å²) >= 11 is 0. The van der Waals surface area contributed by atoms with Crippen molar-refractivity contribution >= 4 is 11.8 Å². The monoisotopic (exact) mass is 360 g/mol. The lowest BCUT2D eigenvalue weighted by Crippen LogP contribution is -2.20. The first-order chi connectivity index (χ1) is 13.1. The third kappa shape index (κ3) is 4.23. The second-order valence-corrected chi connectivity index (χ2v) is 6.10. The highest BCUT2D eigenvalue weighted by molar-refractivity contribution is 5.95. The number of ketones is 1. The normalized spacial score (nSPS) is 10.5. The molecule has 4 nitrogen and oxygen atoms in total. The molecule has 0 aliphatic rings. The van der Waals surface area contributed by atoms with Gasteiger partial charge in [-0.25, -0.2) is 0 Å². The molecule has 136 valence electrons. The SMILES string of the molecule is COc1cc(C(C)=O)ccc1OC(=O)C(c1ccccc1)c1ccccc1. The van der Waals surface area contributed by atoms with Crippen molar-refractivity contribution in [3.63, 3.8) is 0 Å². The maximum Gasteiger partial charge on any atom is 0.323 e. The lowest BCUT2D eigenvalue weighted by atomic mass is 9.91. The number of ether oxygens (including phenoxy) is 2. The van der Waals surface area contributed by atoms with Crippen LogP contribution in [-0.4, -0.2) is 18.9 Å². The number of Topliss-reactive ketones (excluding diaryl/α,β-unsaturated/α-hetero) is 1. The molecule has 0 atom stereocenters. The molecule has 0 fully saturated rings. The maximum atomic E-state index is 13.1. The number of methoxy groups -OCH3 is 1. The number of carbonyl (C=O) groups excluding carboxylic acids is 2. The minimum absolute atomic E-state index is 0.0855. The minimum Gasteiger partial charge on any atom is -0.493 e. The molecule has 0 saturated heterocycles. The number of carbonyl (C=O) groups is 2. The molecule has 0 bridgehead atoms. The fourth-order valence-electron chi connectivity index (χ4n) is 2.89. The second-order valence-electron chi connectivity index (χ2n) is 6.10. The topological polar surface area (TPSA) is 52.6 Å². The van der Waals surface area contributed by atoms with E-state index in [0.717, 1.165) is 11.1 Å². The fourth-order valence-corrected chi connectivity index (χ4v) is 2.89. The summed E-state index contributed by atoms with van der Waals surface area (Å²) < 4.78 is 11.0. The molecule has 0 N–H and O–H groups in total. The van der Waals surface area contributed by atoms with Crippen molar-refractivity contribution in [1.82, 2.24) is 0 Å². The Bertz CT molecular complexity index is 894. The summed E-state index contributed by atoms with van der Waals surface area (Å²) in [6, 6.07) is 23.7. The van der Waals surface area contributed by atoms with Gasteiger partial charge in [0.25, 0.3) is 0 Å². The van der Waals surface area contributed by atoms with E-state index < -0.39 is 11.9 Å². The largest absolute Gasteiger partial charge is 0.493 e. The fraction of sp³-hybridized carbons (Fsp3) is 0.130. The summed E-state index contributed by atoms with van der Waals surface area (Å²) in [4.78, 5) is 24.6. The highest BCUT2D eigenvalue weighted by Gasteiger charge is 2.25. The summed E-state index contributed by atoms with van der Waals surface area (Å²) in [6.07, 6.45) is 0. The number of benzene rings is 3. The predicted octanol–water partition coefficient (Wildman–Crippen LogP) is 4.64. The van der Waals surface area contributed by atoms with Gasteiger partial charge in [0, 0.05) is 5.56 Å². The Labute approximate surface area is 158 Å². The van der Waals surface area contributed by atoms with E-state index in [4.69, 9.17) is 9.47 Å². The standard InChI is InChI=1S/C23H20O4/c1-16(24)19-13-14-20(21(15-19)26-2)27-23(25)22(17-9-5-3-6-10-17)18-11-7-4-8-12-18/h3-15,22H,1-2H3. The zero-order valence-electron chi connectivity index (χ0n) is 15.2. The third-order valence-electron chi connectivity index (χ3n) is 4.28. The molecule has 4 heteroatoms. The van der Waals surface area contributed by atoms with Crippen LogP contribution in [0.3, 0.4) is 0 Å². The van der Waals surface area contributed by atoms with Gasteiger partial charge >= 0.3 is 5.97 Å². The van der Waals surface area contributed by atoms with Crippen LogP contribution in [0.25, 0.3) is 0 Å². The van der Waals surface area contributed by atoms with Crippen LogP contribution in [-0.2, 0) is 4.79 Å². The molecule has 0 unspecified atom stereocenters. The Morgan fingerprint density at radius 1 is 0.778 bits per heavy atom. The van der Waals surface area contributed by atoms with Crippen molar-refractivity contribution in [1.29, 1.82) is 0 Å². The molecule has 0 spiro atoms. The van der Waals surface area contributed by atoms with Gasteiger partial charge in [0.1, 0.15) is 5.92 Å². The van der Waals surface area contributed by atoms with Crippen LogP contribution in [0.1, 0.15) is 34.3 Å². The van der Waals surface area contributed by atoms with Crippen LogP contribution in [0.5, 0.6) is 11.5 Å². The van der Waals surface area contributed by atoms with E-state index in [1.165, 1.54) is 14.0 Å². The van der Waals surface area contributed by atoms with Gasteiger partial charge in [-0.3, -0.25) is 9.59 Å². The van der Waals surface area contributed by atoms with E-state index in [1.54, 1.807) is 18.2 Å². The first-order valence-corrected chi connectivity index (χ1v) is 8.60. The summed E-state index contributed by atoms with van der Waals surface area (Å²) in [5, 5.41) is 0. The summed E-state index contributed by atoms with van der Waals surface area (Å²) in [5.41, 5.74) is 2.18. The first-order valence-electron chi connectivity index (χ1n) is 8.60. The Morgan fingerprint density at radius 3 is 1.81 bits per heavy atom. The van der Waals surface area contributed by atoms with Crippen LogP contribution >= 0.6 is 0 Å². The average molecular weight is 360 g/mol. The van der Waals surface area contributed by atoms with Crippen molar-refractivity contribution < 1.29 is 19.1 Å². The summed E-state index contributed by atoms with van der Waals surface area (Å²) in [7, 11) is 1.47. The molecular weight excluding hydrogens is 340 g/mol. The lowest BCUT2D eigenvalue weighted by molar-refractivity contribution is -0.135. The zero-order valence-corrected chi connectivity index (χ0v) is 15.2. The molecule has 27 heavy (non-hydrogen) atoms. The van der Waals surface area contributed by atoms with Gasteiger partial charge in [0.05, 0.1) is 7.11 Å². The van der Waals surface area contributed by atoms with Crippen LogP contribution in [0, 0.1) is 0 Å². The van der Waals surface area contributed by atoms with E-state index >= 15 is 0 Å². The van der Waals surface area contributed by atoms with E-state index in [0.29, 0.717) is 11.3 Å². The Hall–Kier alpha value is -3.40. The molecule has 0 aliphatic heterocycles. The van der Waals surface area contributed by atoms with Crippen molar-refractivity contribution in [2.45, 2.75) is 12.8 Å². The number of esters is 1. The molecule has 0 aliphatic carbocycles. The van der Waals surface area contributed by atoms with E-state index in [2.05, 4.69) is 0 Å². The lowest BCUT2D eigenvalue weighted by Gasteiger charge is -2.18. The van der Waals surface area contributed by atoms with Gasteiger partial charge < -0.3 is 9.47 Å². The maximum absolute atomic E-state index is 13.1. The number of rotatable bonds is 6. The molecule has 0 aromatic heterocycles. The summed E-state index contributed by atoms with van der Waals surface area (Å²) in [5.74, 6) is -0.441. The Kier molecular flexibility index (Phi) is 5.67. The van der Waals surface area contributed by atoms with Crippen molar-refractivity contribution in [3.8, 4) is 11.5 Å². The quantitative estimate of drug-likeness (QED) is 0.365. The third-order valence-corrected chi connectivity index (χ3v) is 4.28. The molecule has 3 aromatic rings. The average Bonchev–Trinajstić information content (AvgIpc) is 2.70. The molecule has 0 amide bonds. The molecule has 0 saturated carbocycles. The molecule has 0 heterocycles. The molecule has 0 radical (unpaired) electrons. The van der Waals surface area contributed by atoms with Crippen molar-refractivity contribution in [2.75, 3.05) is 7.11 Å². The Morgan fingerprint density at radius 2 is 1.33 bits per heavy atom. The molecular formula is C23H20O4.